The molecule has 3 heterocycles. The zero-order valence-corrected chi connectivity index (χ0v) is 20.2. The Morgan fingerprint density at radius 3 is 2.16 bits per heavy atom. The number of carbonyl (C=O) groups excluding carboxylic acids is 1. The minimum atomic E-state index is -3.57. The number of piperazine rings is 1. The molecule has 174 valence electrons. The Balaban J connectivity index is 1.46. The van der Waals surface area contributed by atoms with Crippen molar-refractivity contribution >= 4 is 15.9 Å². The molecule has 0 atom stereocenters. The average molecular weight is 451 g/mol. The highest BCUT2D eigenvalue weighted by Crippen LogP contribution is 2.28. The van der Waals surface area contributed by atoms with Crippen LogP contribution in [0.3, 0.4) is 0 Å². The van der Waals surface area contributed by atoms with Gasteiger partial charge in [0.05, 0.1) is 0 Å². The Hall–Kier alpha value is -1.38. The number of amides is 1. The average Bonchev–Trinajstić information content (AvgIpc) is 3.09. The van der Waals surface area contributed by atoms with Gasteiger partial charge in [-0.3, -0.25) is 9.69 Å². The smallest absolute Gasteiger partial charge is 0.270 e. The topological polar surface area (TPSA) is 65.9 Å². The molecular formula is C23H38N4O3S. The van der Waals surface area contributed by atoms with E-state index < -0.39 is 10.0 Å². The zero-order chi connectivity index (χ0) is 22.2. The number of sulfonamides is 1. The van der Waals surface area contributed by atoms with E-state index in [9.17, 15) is 13.2 Å². The molecule has 0 N–H and O–H groups in total. The third kappa shape index (κ3) is 4.57. The van der Waals surface area contributed by atoms with Gasteiger partial charge in [-0.15, -0.1) is 0 Å². The van der Waals surface area contributed by atoms with Crippen LogP contribution in [-0.4, -0.2) is 78.3 Å². The lowest BCUT2D eigenvalue weighted by Gasteiger charge is -2.40. The van der Waals surface area contributed by atoms with Gasteiger partial charge < -0.3 is 9.47 Å². The van der Waals surface area contributed by atoms with Crippen LogP contribution in [0.15, 0.2) is 11.0 Å². The molecule has 3 aliphatic rings. The van der Waals surface area contributed by atoms with Crippen molar-refractivity contribution in [2.24, 2.45) is 13.0 Å². The van der Waals surface area contributed by atoms with Gasteiger partial charge in [-0.05, 0) is 44.6 Å². The van der Waals surface area contributed by atoms with Crippen molar-refractivity contribution in [3.8, 4) is 0 Å². The number of hydrogen-bond donors (Lipinski definition) is 0. The second-order valence-corrected chi connectivity index (χ2v) is 11.7. The minimum Gasteiger partial charge on any atom is -0.343 e. The summed E-state index contributed by atoms with van der Waals surface area (Å²) in [6.45, 7) is 8.35. The number of aromatic nitrogens is 1. The van der Waals surface area contributed by atoms with E-state index >= 15 is 0 Å². The number of carbonyl (C=O) groups is 1. The van der Waals surface area contributed by atoms with E-state index in [0.29, 0.717) is 49.5 Å². The second-order valence-electron chi connectivity index (χ2n) is 9.74. The Morgan fingerprint density at radius 1 is 0.935 bits per heavy atom. The molecule has 0 aromatic carbocycles. The third-order valence-corrected chi connectivity index (χ3v) is 9.78. The summed E-state index contributed by atoms with van der Waals surface area (Å²) < 4.78 is 29.9. The van der Waals surface area contributed by atoms with Gasteiger partial charge in [-0.1, -0.05) is 26.2 Å². The number of nitrogens with zero attached hydrogens (tertiary/aromatic N) is 4. The van der Waals surface area contributed by atoms with Crippen LogP contribution in [0.5, 0.6) is 0 Å². The first-order valence-electron chi connectivity index (χ1n) is 12.0. The van der Waals surface area contributed by atoms with Crippen LogP contribution in [0.4, 0.5) is 0 Å². The van der Waals surface area contributed by atoms with Crippen LogP contribution in [0.1, 0.15) is 68.1 Å². The Morgan fingerprint density at radius 2 is 1.55 bits per heavy atom. The van der Waals surface area contributed by atoms with Crippen molar-refractivity contribution in [2.75, 3.05) is 39.3 Å². The van der Waals surface area contributed by atoms with Crippen LogP contribution < -0.4 is 0 Å². The molecule has 1 aliphatic carbocycles. The Bertz CT molecular complexity index is 888. The second kappa shape index (κ2) is 9.24. The van der Waals surface area contributed by atoms with Crippen molar-refractivity contribution in [3.05, 3.63) is 17.5 Å². The molecule has 0 spiro atoms. The van der Waals surface area contributed by atoms with Crippen LogP contribution in [-0.2, 0) is 17.1 Å². The van der Waals surface area contributed by atoms with Crippen molar-refractivity contribution in [1.82, 2.24) is 18.7 Å². The standard InChI is InChI=1S/C23H38N4O3S/c1-18-9-11-27(12-10-18)31(29,30)22-17-21(24(3)19(22)2)23(28)26-15-13-25(14-16-26)20-7-5-4-6-8-20/h17-18,20H,4-16H2,1-3H3. The van der Waals surface area contributed by atoms with Gasteiger partial charge >= 0.3 is 0 Å². The van der Waals surface area contributed by atoms with Gasteiger partial charge in [0.2, 0.25) is 10.0 Å². The molecule has 0 unspecified atom stereocenters. The summed E-state index contributed by atoms with van der Waals surface area (Å²) in [5.74, 6) is 0.510. The molecule has 31 heavy (non-hydrogen) atoms. The van der Waals surface area contributed by atoms with Crippen LogP contribution in [0.25, 0.3) is 0 Å². The molecule has 1 aromatic heterocycles. The number of piperidine rings is 1. The van der Waals surface area contributed by atoms with Gasteiger partial charge in [-0.2, -0.15) is 4.31 Å². The highest BCUT2D eigenvalue weighted by molar-refractivity contribution is 7.89. The summed E-state index contributed by atoms with van der Waals surface area (Å²) >= 11 is 0. The maximum Gasteiger partial charge on any atom is 0.270 e. The lowest BCUT2D eigenvalue weighted by molar-refractivity contribution is 0.0515. The molecule has 1 amide bonds. The fraction of sp³-hybridized carbons (Fsp3) is 0.783. The molecule has 2 aliphatic heterocycles. The summed E-state index contributed by atoms with van der Waals surface area (Å²) in [5.41, 5.74) is 1.12. The molecular weight excluding hydrogens is 412 g/mol. The fourth-order valence-electron chi connectivity index (χ4n) is 5.40. The van der Waals surface area contributed by atoms with Crippen LogP contribution in [0.2, 0.25) is 0 Å². The molecule has 2 saturated heterocycles. The molecule has 7 nitrogen and oxygen atoms in total. The molecule has 4 rings (SSSR count). The van der Waals surface area contributed by atoms with Gasteiger partial charge in [0.1, 0.15) is 10.6 Å². The SMILES string of the molecule is Cc1c(S(=O)(=O)N2CCC(C)CC2)cc(C(=O)N2CCN(C3CCCCC3)CC2)n1C. The van der Waals surface area contributed by atoms with Gasteiger partial charge in [0, 0.05) is 58.1 Å². The number of rotatable bonds is 4. The van der Waals surface area contributed by atoms with E-state index in [1.807, 2.05) is 4.90 Å². The maximum absolute atomic E-state index is 13.3. The van der Waals surface area contributed by atoms with E-state index in [1.54, 1.807) is 28.9 Å². The molecule has 8 heteroatoms. The Kier molecular flexibility index (Phi) is 6.79. The first-order valence-corrected chi connectivity index (χ1v) is 13.4. The van der Waals surface area contributed by atoms with Crippen LogP contribution in [0, 0.1) is 12.8 Å². The van der Waals surface area contributed by atoms with E-state index in [2.05, 4.69) is 11.8 Å². The third-order valence-electron chi connectivity index (χ3n) is 7.76. The molecule has 0 radical (unpaired) electrons. The van der Waals surface area contributed by atoms with Gasteiger partial charge in [0.15, 0.2) is 0 Å². The first kappa shape index (κ1) is 22.8. The molecule has 0 bridgehead atoms. The zero-order valence-electron chi connectivity index (χ0n) is 19.3. The summed E-state index contributed by atoms with van der Waals surface area (Å²) in [6, 6.07) is 2.28. The van der Waals surface area contributed by atoms with Crippen LogP contribution >= 0.6 is 0 Å². The molecule has 3 fully saturated rings. The van der Waals surface area contributed by atoms with Gasteiger partial charge in [-0.25, -0.2) is 8.42 Å². The van der Waals surface area contributed by atoms with Gasteiger partial charge in [0.25, 0.3) is 5.91 Å². The van der Waals surface area contributed by atoms with E-state index in [4.69, 9.17) is 0 Å². The lowest BCUT2D eigenvalue weighted by atomic mass is 9.94. The van der Waals surface area contributed by atoms with Crippen molar-refractivity contribution in [3.63, 3.8) is 0 Å². The number of hydrogen-bond acceptors (Lipinski definition) is 4. The van der Waals surface area contributed by atoms with Crippen molar-refractivity contribution in [1.29, 1.82) is 0 Å². The summed E-state index contributed by atoms with van der Waals surface area (Å²) in [5, 5.41) is 0. The quantitative estimate of drug-likeness (QED) is 0.708. The molecule has 1 aromatic rings. The Labute approximate surface area is 187 Å². The van der Waals surface area contributed by atoms with E-state index in [1.165, 1.54) is 32.1 Å². The summed E-state index contributed by atoms with van der Waals surface area (Å²) in [7, 11) is -1.77. The molecule has 1 saturated carbocycles. The normalized spacial score (nSPS) is 23.4. The minimum absolute atomic E-state index is 0.0531. The fourth-order valence-corrected chi connectivity index (χ4v) is 7.14. The highest BCUT2D eigenvalue weighted by Gasteiger charge is 2.34. The van der Waals surface area contributed by atoms with E-state index in [-0.39, 0.29) is 10.8 Å². The van der Waals surface area contributed by atoms with E-state index in [0.717, 1.165) is 25.9 Å². The first-order chi connectivity index (χ1) is 14.8. The summed E-state index contributed by atoms with van der Waals surface area (Å²) in [6.07, 6.45) is 8.33. The lowest BCUT2D eigenvalue weighted by Crippen LogP contribution is -2.52. The monoisotopic (exact) mass is 450 g/mol. The summed E-state index contributed by atoms with van der Waals surface area (Å²) in [4.78, 5) is 18.0. The maximum atomic E-state index is 13.3. The largest absolute Gasteiger partial charge is 0.343 e. The van der Waals surface area contributed by atoms with Crippen molar-refractivity contribution in [2.45, 2.75) is 69.7 Å². The highest BCUT2D eigenvalue weighted by atomic mass is 32.2. The van der Waals surface area contributed by atoms with Crippen molar-refractivity contribution < 1.29 is 13.2 Å². The predicted octanol–water partition coefficient (Wildman–Crippen LogP) is 2.84. The predicted molar refractivity (Wildman–Crippen MR) is 122 cm³/mol.